The fourth-order valence-electron chi connectivity index (χ4n) is 16.1. The van der Waals surface area contributed by atoms with Crippen molar-refractivity contribution in [3.05, 3.63) is 262 Å². The molecule has 0 amide bonds. The van der Waals surface area contributed by atoms with Crippen molar-refractivity contribution >= 4 is 69.9 Å². The van der Waals surface area contributed by atoms with E-state index in [1.165, 1.54) is 38.2 Å². The van der Waals surface area contributed by atoms with Crippen LogP contribution in [0, 0.1) is 6.92 Å². The number of nitrogens with zero attached hydrogens (tertiary/aromatic N) is 6. The third kappa shape index (κ3) is 25.1. The van der Waals surface area contributed by atoms with Gasteiger partial charge in [-0.15, -0.1) is 0 Å². The molecule has 0 atom stereocenters. The van der Waals surface area contributed by atoms with E-state index >= 15 is 0 Å². The van der Waals surface area contributed by atoms with E-state index in [4.69, 9.17) is 54.3 Å². The first-order valence-corrected chi connectivity index (χ1v) is 45.0. The van der Waals surface area contributed by atoms with Crippen LogP contribution < -0.4 is 86.4 Å². The van der Waals surface area contributed by atoms with Gasteiger partial charge >= 0.3 is 35.8 Å². The minimum atomic E-state index is -1.47. The summed E-state index contributed by atoms with van der Waals surface area (Å²) in [5.41, 5.74) is 10.5. The zero-order chi connectivity index (χ0) is 106. The van der Waals surface area contributed by atoms with Crippen LogP contribution in [0.2, 0.25) is 0 Å². The summed E-state index contributed by atoms with van der Waals surface area (Å²) >= 11 is 0. The predicted octanol–water partition coefficient (Wildman–Crippen LogP) is 14.2. The Labute approximate surface area is 817 Å². The smallest absolute Gasteiger partial charge is 0.345 e. The number of anilines is 6. The minimum absolute atomic E-state index is 0.235. The summed E-state index contributed by atoms with van der Waals surface area (Å²) in [5.74, 6) is -6.37. The summed E-state index contributed by atoms with van der Waals surface area (Å²) in [6, 6.07) is 37.8. The molecule has 754 valence electrons. The van der Waals surface area contributed by atoms with Gasteiger partial charge < -0.3 is 129 Å². The van der Waals surface area contributed by atoms with Crippen molar-refractivity contribution in [2.24, 2.45) is 0 Å². The SMILES string of the molecule is CCc1c(-c2ccc(N(C)C)c(C)c2)[nH]c(=O)c(C(=O)O)c1O.CCc1c(-c2ccc(N(C)C)c(OC)c2)[nH]c(=O)c(C(=O)O)c1O.CCc1c(-c2ccc(N(C)C)cc2OC)[nH]c(=O)c(C(=O)O)c1O.CCc1cc(C(=O)O)c(=O)[nH]c1-c1ccc(N(C)C)c(OC)c1.CCc1cc(C(=O)O)c(=O)[nH]c1-c1ccc(N(C)C)cc1OC.CCc1cc(C(=O)O)c(=O)[nH]c1-c1ccc(N2CCCC2)c(OC)c1. The molecule has 7 heterocycles. The number of H-pyrrole nitrogens is 6. The van der Waals surface area contributed by atoms with Gasteiger partial charge in [0.15, 0.2) is 16.7 Å². The van der Waals surface area contributed by atoms with Crippen molar-refractivity contribution in [1.29, 1.82) is 0 Å². The first-order chi connectivity index (χ1) is 67.2. The zero-order valence-electron chi connectivity index (χ0n) is 83.3. The lowest BCUT2D eigenvalue weighted by molar-refractivity contribution is 0.0680. The molecule has 0 saturated carbocycles. The average molecular weight is 1960 g/mol. The Hall–Kier alpha value is -17.0. The van der Waals surface area contributed by atoms with Crippen LogP contribution in [-0.2, 0) is 38.5 Å². The van der Waals surface area contributed by atoms with Gasteiger partial charge in [0, 0.05) is 157 Å². The van der Waals surface area contributed by atoms with Crippen LogP contribution in [0.4, 0.5) is 34.1 Å². The highest BCUT2D eigenvalue weighted by Gasteiger charge is 2.29. The summed E-state index contributed by atoms with van der Waals surface area (Å²) in [6.45, 7) is 15.1. The van der Waals surface area contributed by atoms with Crippen LogP contribution in [0.15, 0.2) is 156 Å². The highest BCUT2D eigenvalue weighted by molar-refractivity contribution is 5.95. The maximum absolute atomic E-state index is 12.1. The van der Waals surface area contributed by atoms with Gasteiger partial charge in [0.25, 0.3) is 33.4 Å². The van der Waals surface area contributed by atoms with Gasteiger partial charge in [0.1, 0.15) is 62.7 Å². The van der Waals surface area contributed by atoms with Crippen molar-refractivity contribution in [3.63, 3.8) is 0 Å². The molecule has 38 nitrogen and oxygen atoms in total. The first kappa shape index (κ1) is 110. The third-order valence-corrected chi connectivity index (χ3v) is 23.5. The number of aromatic hydroxyl groups is 3. The summed E-state index contributed by atoms with van der Waals surface area (Å²) < 4.78 is 27.2. The number of methoxy groups -OCH3 is 5. The molecular formula is C104H122N12O26. The molecule has 15 N–H and O–H groups in total. The summed E-state index contributed by atoms with van der Waals surface area (Å²) in [6.07, 6.45) is 5.25. The summed E-state index contributed by atoms with van der Waals surface area (Å²) in [7, 11) is 26.9. The van der Waals surface area contributed by atoms with Crippen LogP contribution in [0.25, 0.3) is 67.5 Å². The van der Waals surface area contributed by atoms with E-state index in [2.05, 4.69) is 34.8 Å². The quantitative estimate of drug-likeness (QED) is 0.0207. The van der Waals surface area contributed by atoms with Gasteiger partial charge in [0.05, 0.1) is 86.8 Å². The highest BCUT2D eigenvalue weighted by Crippen LogP contribution is 2.42. The van der Waals surface area contributed by atoms with Crippen molar-refractivity contribution in [2.45, 2.75) is 99.8 Å². The Morgan fingerprint density at radius 1 is 0.310 bits per heavy atom. The molecule has 1 saturated heterocycles. The number of aromatic amines is 6. The highest BCUT2D eigenvalue weighted by atomic mass is 16.5. The second-order valence-electron chi connectivity index (χ2n) is 33.4. The molecule has 12 aromatic rings. The van der Waals surface area contributed by atoms with Gasteiger partial charge in [-0.2, -0.15) is 0 Å². The number of rotatable bonds is 29. The van der Waals surface area contributed by atoms with Crippen molar-refractivity contribution in [1.82, 2.24) is 29.9 Å². The average Bonchev–Trinajstić information content (AvgIpc) is 1.49. The topological polar surface area (TPSA) is 547 Å². The third-order valence-electron chi connectivity index (χ3n) is 23.5. The molecule has 38 heteroatoms. The Bertz CT molecular complexity index is 7090. The number of ether oxygens (including phenoxy) is 5. The lowest BCUT2D eigenvalue weighted by Crippen LogP contribution is -2.20. The Balaban J connectivity index is 0.000000209. The van der Waals surface area contributed by atoms with E-state index in [1.807, 2.05) is 208 Å². The van der Waals surface area contributed by atoms with E-state index in [1.54, 1.807) is 73.5 Å². The number of aromatic carboxylic acids is 6. The predicted molar refractivity (Wildman–Crippen MR) is 549 cm³/mol. The van der Waals surface area contributed by atoms with Crippen LogP contribution in [0.3, 0.4) is 0 Å². The number of hydrogen-bond donors (Lipinski definition) is 15. The van der Waals surface area contributed by atoms with Crippen molar-refractivity contribution in [2.75, 3.05) is 149 Å². The molecule has 1 fully saturated rings. The minimum Gasteiger partial charge on any atom is -0.506 e. The number of carbonyl (C=O) groups is 6. The lowest BCUT2D eigenvalue weighted by atomic mass is 9.98. The van der Waals surface area contributed by atoms with Crippen LogP contribution in [0.5, 0.6) is 46.0 Å². The molecular weight excluding hydrogens is 1830 g/mol. The van der Waals surface area contributed by atoms with Crippen LogP contribution >= 0.6 is 0 Å². The molecule has 1 aliphatic heterocycles. The fraction of sp³-hybridized carbons (Fsp3) is 0.308. The van der Waals surface area contributed by atoms with Gasteiger partial charge in [-0.25, -0.2) is 28.8 Å². The number of aryl methyl sites for hydroxylation is 4. The fourth-order valence-corrected chi connectivity index (χ4v) is 16.1. The molecule has 0 bridgehead atoms. The monoisotopic (exact) mass is 1950 g/mol. The van der Waals surface area contributed by atoms with E-state index in [9.17, 15) is 72.9 Å². The number of nitrogens with one attached hydrogen (secondary N) is 6. The van der Waals surface area contributed by atoms with E-state index in [-0.39, 0.29) is 16.7 Å². The van der Waals surface area contributed by atoms with Crippen LogP contribution in [-0.4, -0.2) is 231 Å². The molecule has 6 aromatic carbocycles. The molecule has 0 aliphatic carbocycles. The standard InChI is InChI=1S/C19H22N2O4.2C17H20N2O5.3C17H20N2O4/c1-3-12-10-14(19(23)24)18(22)20-17(12)13-6-7-15(16(11-13)25-2)21-8-4-5-9-21;1-5-10-14(18-16(21)13(15(10)20)17(22)23)11-7-6-9(19(2)3)8-12(11)24-4;1-5-10-14(18-16(21)13(15(10)20)17(22)23)9-6-7-11(19(2)3)12(8-9)24-4;1-5-10-8-12(17(21)22)16(20)18-15(10)11-6-7-13(19(2)3)14(9-11)23-4;1-5-10-8-13(17(21)22)16(20)18-15(10)12-7-6-11(19(2)3)9-14(12)23-4;1-5-11-14(18-16(21)13(15(11)20)17(22)23)10-6-7-12(19(3)4)9(2)8-10/h6-7,10-11H,3-5,8-9H2,1-2H3,(H,20,22)(H,23,24);2*6-8H,5H2,1-4H3,(H,22,23)(H2,18,20,21);2*6-9H,5H2,1-4H3,(H,18,20)(H,21,22);6-8H,5H2,1-4H3,(H,22,23)(H2,18,20,21). The summed E-state index contributed by atoms with van der Waals surface area (Å²) in [4.78, 5) is 167. The Kier molecular flexibility index (Phi) is 38.0. The van der Waals surface area contributed by atoms with E-state index < -0.39 is 103 Å². The number of aromatic nitrogens is 6. The molecule has 13 rings (SSSR count). The van der Waals surface area contributed by atoms with Crippen molar-refractivity contribution < 1.29 is 98.4 Å². The van der Waals surface area contributed by atoms with Crippen LogP contribution in [0.1, 0.15) is 155 Å². The van der Waals surface area contributed by atoms with Gasteiger partial charge in [0.2, 0.25) is 0 Å². The van der Waals surface area contributed by atoms with Gasteiger partial charge in [-0.3, -0.25) is 28.8 Å². The maximum atomic E-state index is 12.1. The normalized spacial score (nSPS) is 11.1. The van der Waals surface area contributed by atoms with E-state index in [0.29, 0.717) is 124 Å². The number of hydrogen-bond acceptors (Lipinski definition) is 26. The molecule has 6 aromatic heterocycles. The number of carboxylic acids is 6. The Morgan fingerprint density at radius 3 is 0.908 bits per heavy atom. The molecule has 1 aliphatic rings. The lowest BCUT2D eigenvalue weighted by Gasteiger charge is -2.21. The second kappa shape index (κ2) is 48.9. The Morgan fingerprint density at radius 2 is 0.599 bits per heavy atom. The second-order valence-corrected chi connectivity index (χ2v) is 33.4. The molecule has 0 radical (unpaired) electrons. The van der Waals surface area contributed by atoms with E-state index in [0.717, 1.165) is 97.5 Å². The van der Waals surface area contributed by atoms with Gasteiger partial charge in [-0.05, 0) is 177 Å². The van der Waals surface area contributed by atoms with Gasteiger partial charge in [-0.1, -0.05) is 65.8 Å². The maximum Gasteiger partial charge on any atom is 0.345 e. The molecule has 142 heavy (non-hydrogen) atoms. The zero-order valence-corrected chi connectivity index (χ0v) is 83.3. The summed E-state index contributed by atoms with van der Waals surface area (Å²) in [5, 5.41) is 85.3. The number of carboxylic acid groups (broad SMARTS) is 6. The van der Waals surface area contributed by atoms with Crippen molar-refractivity contribution in [3.8, 4) is 114 Å². The number of pyridine rings is 6. The molecule has 0 unspecified atom stereocenters. The molecule has 0 spiro atoms. The number of benzene rings is 6. The largest absolute Gasteiger partial charge is 0.506 e. The first-order valence-electron chi connectivity index (χ1n) is 45.0.